The zero-order valence-electron chi connectivity index (χ0n) is 13.5. The van der Waals surface area contributed by atoms with Crippen LogP contribution in [0, 0.1) is 11.8 Å². The van der Waals surface area contributed by atoms with Gasteiger partial charge in [-0.15, -0.1) is 0 Å². The molecule has 0 amide bonds. The SMILES string of the molecule is OC1CCCCC1CNC1CCCCC1C1CCCCN1. The minimum Gasteiger partial charge on any atom is -0.393 e. The monoisotopic (exact) mass is 294 g/mol. The van der Waals surface area contributed by atoms with Gasteiger partial charge in [0.05, 0.1) is 6.10 Å². The molecule has 0 aromatic carbocycles. The van der Waals surface area contributed by atoms with Crippen LogP contribution >= 0.6 is 0 Å². The molecule has 3 aliphatic rings. The predicted octanol–water partition coefficient (Wildman–Crippen LogP) is 2.83. The van der Waals surface area contributed by atoms with Crippen molar-refractivity contribution >= 4 is 0 Å². The fourth-order valence-electron chi connectivity index (χ4n) is 4.87. The lowest BCUT2D eigenvalue weighted by atomic mass is 9.77. The van der Waals surface area contributed by atoms with Gasteiger partial charge in [0.25, 0.3) is 0 Å². The summed E-state index contributed by atoms with van der Waals surface area (Å²) in [6, 6.07) is 1.43. The Labute approximate surface area is 130 Å². The molecule has 3 heteroatoms. The Morgan fingerprint density at radius 2 is 1.62 bits per heavy atom. The third kappa shape index (κ3) is 4.20. The van der Waals surface area contributed by atoms with Crippen LogP contribution in [0.15, 0.2) is 0 Å². The third-order valence-electron chi connectivity index (χ3n) is 6.20. The lowest BCUT2D eigenvalue weighted by Crippen LogP contribution is -2.52. The molecule has 3 fully saturated rings. The number of piperidine rings is 1. The topological polar surface area (TPSA) is 44.3 Å². The molecule has 0 aromatic heterocycles. The minimum atomic E-state index is -0.0545. The summed E-state index contributed by atoms with van der Waals surface area (Å²) in [6.07, 6.45) is 14.4. The summed E-state index contributed by atoms with van der Waals surface area (Å²) in [4.78, 5) is 0. The molecule has 5 atom stereocenters. The first-order chi connectivity index (χ1) is 10.3. The fourth-order valence-corrected chi connectivity index (χ4v) is 4.87. The van der Waals surface area contributed by atoms with E-state index in [1.807, 2.05) is 0 Å². The van der Waals surface area contributed by atoms with Gasteiger partial charge in [0.15, 0.2) is 0 Å². The van der Waals surface area contributed by atoms with Crippen molar-refractivity contribution in [1.82, 2.24) is 10.6 Å². The highest BCUT2D eigenvalue weighted by Gasteiger charge is 2.33. The molecule has 1 heterocycles. The van der Waals surface area contributed by atoms with Crippen molar-refractivity contribution in [1.29, 1.82) is 0 Å². The van der Waals surface area contributed by atoms with E-state index in [9.17, 15) is 5.11 Å². The molecule has 3 rings (SSSR count). The zero-order valence-corrected chi connectivity index (χ0v) is 13.5. The molecule has 1 aliphatic heterocycles. The molecule has 5 unspecified atom stereocenters. The fraction of sp³-hybridized carbons (Fsp3) is 1.00. The Morgan fingerprint density at radius 1 is 0.857 bits per heavy atom. The van der Waals surface area contributed by atoms with Crippen molar-refractivity contribution in [3.05, 3.63) is 0 Å². The Bertz CT molecular complexity index is 304. The summed E-state index contributed by atoms with van der Waals surface area (Å²) in [7, 11) is 0. The van der Waals surface area contributed by atoms with Crippen molar-refractivity contribution in [2.75, 3.05) is 13.1 Å². The minimum absolute atomic E-state index is 0.0545. The first kappa shape index (κ1) is 15.8. The van der Waals surface area contributed by atoms with E-state index >= 15 is 0 Å². The van der Waals surface area contributed by atoms with Crippen LogP contribution in [0.25, 0.3) is 0 Å². The zero-order chi connectivity index (χ0) is 14.5. The molecule has 0 aromatic rings. The van der Waals surface area contributed by atoms with Gasteiger partial charge in [0.1, 0.15) is 0 Å². The molecule has 3 N–H and O–H groups in total. The molecule has 122 valence electrons. The Hall–Kier alpha value is -0.120. The van der Waals surface area contributed by atoms with Crippen molar-refractivity contribution in [2.45, 2.75) is 88.8 Å². The van der Waals surface area contributed by atoms with E-state index in [0.717, 1.165) is 24.9 Å². The second-order valence-corrected chi connectivity index (χ2v) is 7.63. The third-order valence-corrected chi connectivity index (χ3v) is 6.20. The average molecular weight is 294 g/mol. The summed E-state index contributed by atoms with van der Waals surface area (Å²) in [5.74, 6) is 1.32. The van der Waals surface area contributed by atoms with E-state index in [-0.39, 0.29) is 6.10 Å². The highest BCUT2D eigenvalue weighted by atomic mass is 16.3. The van der Waals surface area contributed by atoms with Gasteiger partial charge < -0.3 is 15.7 Å². The smallest absolute Gasteiger partial charge is 0.0580 e. The van der Waals surface area contributed by atoms with E-state index in [4.69, 9.17) is 0 Å². The van der Waals surface area contributed by atoms with Crippen molar-refractivity contribution < 1.29 is 5.11 Å². The molecule has 0 bridgehead atoms. The number of hydrogen-bond acceptors (Lipinski definition) is 3. The van der Waals surface area contributed by atoms with Crippen LogP contribution in [-0.2, 0) is 0 Å². The van der Waals surface area contributed by atoms with Crippen molar-refractivity contribution in [3.63, 3.8) is 0 Å². The molecule has 21 heavy (non-hydrogen) atoms. The van der Waals surface area contributed by atoms with E-state index < -0.39 is 0 Å². The predicted molar refractivity (Wildman–Crippen MR) is 87.4 cm³/mol. The number of rotatable bonds is 4. The van der Waals surface area contributed by atoms with Gasteiger partial charge in [0, 0.05) is 18.6 Å². The molecule has 0 radical (unpaired) electrons. The van der Waals surface area contributed by atoms with Crippen LogP contribution in [0.1, 0.15) is 70.6 Å². The van der Waals surface area contributed by atoms with Crippen LogP contribution in [0.2, 0.25) is 0 Å². The molecule has 3 nitrogen and oxygen atoms in total. The lowest BCUT2D eigenvalue weighted by Gasteiger charge is -2.41. The Kier molecular flexibility index (Phi) is 5.96. The number of hydrogen-bond donors (Lipinski definition) is 3. The van der Waals surface area contributed by atoms with Gasteiger partial charge in [-0.1, -0.05) is 32.1 Å². The summed E-state index contributed by atoms with van der Waals surface area (Å²) in [5.41, 5.74) is 0. The number of aliphatic hydroxyl groups excluding tert-OH is 1. The Balaban J connectivity index is 1.51. The molecular weight excluding hydrogens is 260 g/mol. The highest BCUT2D eigenvalue weighted by molar-refractivity contribution is 4.91. The highest BCUT2D eigenvalue weighted by Crippen LogP contribution is 2.31. The number of nitrogens with one attached hydrogen (secondary N) is 2. The van der Waals surface area contributed by atoms with Gasteiger partial charge in [-0.3, -0.25) is 0 Å². The van der Waals surface area contributed by atoms with E-state index in [1.54, 1.807) is 0 Å². The second-order valence-electron chi connectivity index (χ2n) is 7.63. The molecule has 2 aliphatic carbocycles. The van der Waals surface area contributed by atoms with Gasteiger partial charge in [0.2, 0.25) is 0 Å². The summed E-state index contributed by atoms with van der Waals surface area (Å²) in [5, 5.41) is 17.8. The maximum absolute atomic E-state index is 10.2. The molecule has 2 saturated carbocycles. The second kappa shape index (κ2) is 7.94. The lowest BCUT2D eigenvalue weighted by molar-refractivity contribution is 0.0636. The van der Waals surface area contributed by atoms with Crippen molar-refractivity contribution in [2.24, 2.45) is 11.8 Å². The summed E-state index contributed by atoms with van der Waals surface area (Å²) < 4.78 is 0. The van der Waals surface area contributed by atoms with Gasteiger partial charge in [-0.25, -0.2) is 0 Å². The van der Waals surface area contributed by atoms with Crippen LogP contribution < -0.4 is 10.6 Å². The van der Waals surface area contributed by atoms with E-state index in [1.165, 1.54) is 70.8 Å². The summed E-state index contributed by atoms with van der Waals surface area (Å²) in [6.45, 7) is 2.25. The normalized spacial score (nSPS) is 41.9. The van der Waals surface area contributed by atoms with Crippen LogP contribution in [0.5, 0.6) is 0 Å². The van der Waals surface area contributed by atoms with Gasteiger partial charge >= 0.3 is 0 Å². The van der Waals surface area contributed by atoms with Crippen LogP contribution in [0.3, 0.4) is 0 Å². The largest absolute Gasteiger partial charge is 0.393 e. The Morgan fingerprint density at radius 3 is 2.43 bits per heavy atom. The molecule has 1 saturated heterocycles. The maximum Gasteiger partial charge on any atom is 0.0580 e. The molecule has 0 spiro atoms. The van der Waals surface area contributed by atoms with Crippen LogP contribution in [0.4, 0.5) is 0 Å². The summed E-state index contributed by atoms with van der Waals surface area (Å²) >= 11 is 0. The quantitative estimate of drug-likeness (QED) is 0.747. The maximum atomic E-state index is 10.2. The number of aliphatic hydroxyl groups is 1. The first-order valence-electron chi connectivity index (χ1n) is 9.49. The standard InChI is InChI=1S/C18H34N2O/c21-18-11-4-1-7-14(18)13-20-17-9-3-2-8-15(17)16-10-5-6-12-19-16/h14-21H,1-13H2. The van der Waals surface area contributed by atoms with Crippen molar-refractivity contribution in [3.8, 4) is 0 Å². The molecular formula is C18H34N2O. The van der Waals surface area contributed by atoms with Gasteiger partial charge in [-0.05, 0) is 56.9 Å². The first-order valence-corrected chi connectivity index (χ1v) is 9.49. The van der Waals surface area contributed by atoms with E-state index in [2.05, 4.69) is 10.6 Å². The van der Waals surface area contributed by atoms with E-state index in [0.29, 0.717) is 12.0 Å². The average Bonchev–Trinajstić information content (AvgIpc) is 2.55. The van der Waals surface area contributed by atoms with Gasteiger partial charge in [-0.2, -0.15) is 0 Å². The van der Waals surface area contributed by atoms with Crippen LogP contribution in [-0.4, -0.2) is 36.4 Å².